The number of hydrogen-bond donors (Lipinski definition) is 2. The van der Waals surface area contributed by atoms with Crippen LogP contribution in [0.3, 0.4) is 0 Å². The van der Waals surface area contributed by atoms with Gasteiger partial charge in [-0.05, 0) is 44.4 Å². The molecule has 1 atom stereocenters. The molecule has 0 bridgehead atoms. The number of guanidine groups is 1. The Kier molecular flexibility index (Phi) is 10.3. The van der Waals surface area contributed by atoms with Crippen molar-refractivity contribution in [1.82, 2.24) is 30.3 Å². The van der Waals surface area contributed by atoms with Crippen LogP contribution in [0.1, 0.15) is 56.6 Å². The van der Waals surface area contributed by atoms with Crippen molar-refractivity contribution in [3.63, 3.8) is 0 Å². The van der Waals surface area contributed by atoms with Gasteiger partial charge >= 0.3 is 0 Å². The molecule has 2 saturated heterocycles. The number of rotatable bonds is 7. The summed E-state index contributed by atoms with van der Waals surface area (Å²) in [5.41, 5.74) is 0. The van der Waals surface area contributed by atoms with E-state index in [1.54, 1.807) is 0 Å². The third-order valence-corrected chi connectivity index (χ3v) is 6.75. The zero-order valence-corrected chi connectivity index (χ0v) is 21.4. The van der Waals surface area contributed by atoms with Crippen LogP contribution in [0.5, 0.6) is 0 Å². The number of hydrogen-bond acceptors (Lipinski definition) is 5. The van der Waals surface area contributed by atoms with Gasteiger partial charge in [-0.1, -0.05) is 6.42 Å². The second kappa shape index (κ2) is 12.9. The maximum absolute atomic E-state index is 5.52. The third kappa shape index (κ3) is 7.28. The zero-order chi connectivity index (χ0) is 20.6. The standard InChI is InChI=1S/C22H39N7O.HI/c1-23-22(25-19-8-13-28(14-9-19)16-18-10-15-30-17-18)24-11-5-7-21-27-26-20-6-3-2-4-12-29(20)21;/h18-19H,2-17H2,1H3,(H2,23,24,25);1H. The van der Waals surface area contributed by atoms with E-state index in [1.807, 2.05) is 7.05 Å². The molecule has 8 nitrogen and oxygen atoms in total. The van der Waals surface area contributed by atoms with Crippen molar-refractivity contribution in [2.45, 2.75) is 70.4 Å². The van der Waals surface area contributed by atoms with E-state index in [1.165, 1.54) is 64.0 Å². The van der Waals surface area contributed by atoms with Crippen LogP contribution in [-0.2, 0) is 24.1 Å². The molecule has 0 aromatic carbocycles. The zero-order valence-electron chi connectivity index (χ0n) is 19.0. The summed E-state index contributed by atoms with van der Waals surface area (Å²) in [5.74, 6) is 4.00. The summed E-state index contributed by atoms with van der Waals surface area (Å²) >= 11 is 0. The fourth-order valence-electron chi connectivity index (χ4n) is 4.92. The predicted molar refractivity (Wildman–Crippen MR) is 134 cm³/mol. The minimum absolute atomic E-state index is 0. The first-order valence-electron chi connectivity index (χ1n) is 12.0. The van der Waals surface area contributed by atoms with Crippen molar-refractivity contribution < 1.29 is 4.74 Å². The Hall–Kier alpha value is -0.940. The van der Waals surface area contributed by atoms with E-state index in [-0.39, 0.29) is 24.0 Å². The van der Waals surface area contributed by atoms with Gasteiger partial charge < -0.3 is 24.8 Å². The van der Waals surface area contributed by atoms with Gasteiger partial charge in [0.25, 0.3) is 0 Å². The second-order valence-electron chi connectivity index (χ2n) is 9.05. The number of aliphatic imine (C=N–C) groups is 1. The van der Waals surface area contributed by atoms with Crippen LogP contribution in [0.15, 0.2) is 4.99 Å². The van der Waals surface area contributed by atoms with Crippen molar-refractivity contribution in [3.05, 3.63) is 11.6 Å². The second-order valence-corrected chi connectivity index (χ2v) is 9.05. The molecule has 3 aliphatic rings. The monoisotopic (exact) mass is 545 g/mol. The van der Waals surface area contributed by atoms with Crippen LogP contribution < -0.4 is 10.6 Å². The number of nitrogens with one attached hydrogen (secondary N) is 2. The number of likely N-dealkylation sites (tertiary alicyclic amines) is 1. The van der Waals surface area contributed by atoms with Gasteiger partial charge in [-0.3, -0.25) is 4.99 Å². The molecule has 0 aliphatic carbocycles. The molecule has 0 spiro atoms. The molecule has 0 amide bonds. The van der Waals surface area contributed by atoms with Gasteiger partial charge in [0.15, 0.2) is 5.96 Å². The van der Waals surface area contributed by atoms with Crippen LogP contribution in [0.2, 0.25) is 0 Å². The summed E-state index contributed by atoms with van der Waals surface area (Å²) in [6.45, 7) is 7.43. The smallest absolute Gasteiger partial charge is 0.191 e. The number of nitrogens with zero attached hydrogens (tertiary/aromatic N) is 5. The van der Waals surface area contributed by atoms with Gasteiger partial charge in [-0.25, -0.2) is 0 Å². The van der Waals surface area contributed by atoms with Crippen molar-refractivity contribution in [3.8, 4) is 0 Å². The minimum Gasteiger partial charge on any atom is -0.381 e. The van der Waals surface area contributed by atoms with Gasteiger partial charge in [0.1, 0.15) is 11.6 Å². The molecular formula is C22H40IN7O. The van der Waals surface area contributed by atoms with Crippen LogP contribution in [0, 0.1) is 5.92 Å². The molecule has 3 aliphatic heterocycles. The predicted octanol–water partition coefficient (Wildman–Crippen LogP) is 2.22. The topological polar surface area (TPSA) is 79.6 Å². The fraction of sp³-hybridized carbons (Fsp3) is 0.864. The molecule has 4 rings (SSSR count). The van der Waals surface area contributed by atoms with Crippen LogP contribution in [-0.4, -0.2) is 78.1 Å². The van der Waals surface area contributed by atoms with Gasteiger partial charge in [0.05, 0.1) is 6.61 Å². The molecule has 31 heavy (non-hydrogen) atoms. The lowest BCUT2D eigenvalue weighted by atomic mass is 10.0. The van der Waals surface area contributed by atoms with Crippen molar-refractivity contribution in [2.75, 3.05) is 46.4 Å². The Morgan fingerprint density at radius 1 is 1.13 bits per heavy atom. The van der Waals surface area contributed by atoms with Crippen LogP contribution >= 0.6 is 24.0 Å². The Labute approximate surface area is 204 Å². The molecule has 1 aromatic rings. The van der Waals surface area contributed by atoms with Crippen molar-refractivity contribution in [1.29, 1.82) is 0 Å². The van der Waals surface area contributed by atoms with E-state index in [0.29, 0.717) is 6.04 Å². The Bertz CT molecular complexity index is 681. The highest BCUT2D eigenvalue weighted by atomic mass is 127. The largest absolute Gasteiger partial charge is 0.381 e. The van der Waals surface area contributed by atoms with Crippen molar-refractivity contribution >= 4 is 29.9 Å². The molecule has 4 heterocycles. The highest BCUT2D eigenvalue weighted by Gasteiger charge is 2.24. The normalized spacial score (nSPS) is 23.1. The summed E-state index contributed by atoms with van der Waals surface area (Å²) in [6, 6.07) is 0.513. The van der Waals surface area contributed by atoms with Gasteiger partial charge in [0.2, 0.25) is 0 Å². The lowest BCUT2D eigenvalue weighted by Gasteiger charge is -2.34. The number of halogens is 1. The van der Waals surface area contributed by atoms with E-state index >= 15 is 0 Å². The lowest BCUT2D eigenvalue weighted by Crippen LogP contribution is -2.49. The summed E-state index contributed by atoms with van der Waals surface area (Å²) < 4.78 is 7.87. The van der Waals surface area contributed by atoms with E-state index in [2.05, 4.69) is 35.3 Å². The SMILES string of the molecule is CN=C(NCCCc1nnc2n1CCCCC2)NC1CCN(CC2CCOC2)CC1.I. The number of ether oxygens (including phenoxy) is 1. The molecule has 0 radical (unpaired) electrons. The van der Waals surface area contributed by atoms with Crippen molar-refractivity contribution in [2.24, 2.45) is 10.9 Å². The highest BCUT2D eigenvalue weighted by molar-refractivity contribution is 14.0. The number of fused-ring (bicyclic) bond motifs is 1. The van der Waals surface area contributed by atoms with Crippen LogP contribution in [0.25, 0.3) is 0 Å². The molecule has 2 fully saturated rings. The maximum Gasteiger partial charge on any atom is 0.191 e. The highest BCUT2D eigenvalue weighted by Crippen LogP contribution is 2.18. The van der Waals surface area contributed by atoms with E-state index in [0.717, 1.165) is 63.3 Å². The average Bonchev–Trinajstić information content (AvgIpc) is 3.35. The molecular weight excluding hydrogens is 505 g/mol. The first-order valence-corrected chi connectivity index (χ1v) is 12.0. The first-order chi connectivity index (χ1) is 14.8. The van der Waals surface area contributed by atoms with Gasteiger partial charge in [-0.15, -0.1) is 34.2 Å². The quantitative estimate of drug-likeness (QED) is 0.237. The van der Waals surface area contributed by atoms with E-state index < -0.39 is 0 Å². The third-order valence-electron chi connectivity index (χ3n) is 6.75. The molecule has 176 valence electrons. The average molecular weight is 546 g/mol. The molecule has 9 heteroatoms. The molecule has 1 aromatic heterocycles. The number of aromatic nitrogens is 3. The van der Waals surface area contributed by atoms with E-state index in [9.17, 15) is 0 Å². The Morgan fingerprint density at radius 2 is 2.00 bits per heavy atom. The summed E-state index contributed by atoms with van der Waals surface area (Å²) in [7, 11) is 1.86. The number of aryl methyl sites for hydroxylation is 2. The first kappa shape index (κ1) is 24.7. The fourth-order valence-corrected chi connectivity index (χ4v) is 4.92. The molecule has 1 unspecified atom stereocenters. The van der Waals surface area contributed by atoms with E-state index in [4.69, 9.17) is 4.74 Å². The van der Waals surface area contributed by atoms with Gasteiger partial charge in [-0.2, -0.15) is 0 Å². The van der Waals surface area contributed by atoms with Crippen LogP contribution in [0.4, 0.5) is 0 Å². The lowest BCUT2D eigenvalue weighted by molar-refractivity contribution is 0.150. The molecule has 2 N–H and O–H groups in total. The summed E-state index contributed by atoms with van der Waals surface area (Å²) in [5, 5.41) is 16.0. The van der Waals surface area contributed by atoms with Gasteiger partial charge in [0, 0.05) is 65.3 Å². The maximum atomic E-state index is 5.52. The Balaban J connectivity index is 0.00000272. The molecule has 0 saturated carbocycles. The summed E-state index contributed by atoms with van der Waals surface area (Å²) in [6.07, 6.45) is 10.5. The summed E-state index contributed by atoms with van der Waals surface area (Å²) in [4.78, 5) is 7.04. The Morgan fingerprint density at radius 3 is 2.77 bits per heavy atom. The number of piperidine rings is 1. The minimum atomic E-state index is 0.